The molecular weight excluding hydrogens is 263 g/mol. The van der Waals surface area contributed by atoms with Crippen LogP contribution in [-0.4, -0.2) is 24.5 Å². The summed E-state index contributed by atoms with van der Waals surface area (Å²) in [6.07, 6.45) is 5.54. The summed E-state index contributed by atoms with van der Waals surface area (Å²) in [5.41, 5.74) is 6.97. The zero-order valence-electron chi connectivity index (χ0n) is 13.0. The molecule has 2 fully saturated rings. The third kappa shape index (κ3) is 4.27. The molecule has 0 heterocycles. The Morgan fingerprint density at radius 2 is 1.71 bits per heavy atom. The molecule has 2 nitrogen and oxygen atoms in total. The molecule has 21 heavy (non-hydrogen) atoms. The van der Waals surface area contributed by atoms with E-state index in [4.69, 9.17) is 5.73 Å². The third-order valence-electron chi connectivity index (χ3n) is 4.85. The van der Waals surface area contributed by atoms with Crippen LogP contribution in [0.25, 0.3) is 0 Å². The van der Waals surface area contributed by atoms with Crippen LogP contribution in [-0.2, 0) is 0 Å². The van der Waals surface area contributed by atoms with Crippen molar-refractivity contribution in [3.63, 3.8) is 0 Å². The predicted molar refractivity (Wildman–Crippen MR) is 84.4 cm³/mol. The number of rotatable bonds is 8. The van der Waals surface area contributed by atoms with Crippen molar-refractivity contribution in [2.24, 2.45) is 23.5 Å². The summed E-state index contributed by atoms with van der Waals surface area (Å²) in [6.45, 7) is 5.57. The Hall–Kier alpha value is -0.930. The number of benzene rings is 1. The van der Waals surface area contributed by atoms with E-state index in [1.165, 1.54) is 44.8 Å². The van der Waals surface area contributed by atoms with Crippen molar-refractivity contribution >= 4 is 0 Å². The fourth-order valence-corrected chi connectivity index (χ4v) is 3.13. The van der Waals surface area contributed by atoms with E-state index < -0.39 is 0 Å². The maximum Gasteiger partial charge on any atom is 0.127 e. The number of hydrogen-bond acceptors (Lipinski definition) is 2. The van der Waals surface area contributed by atoms with Gasteiger partial charge in [0.25, 0.3) is 0 Å². The highest BCUT2D eigenvalue weighted by molar-refractivity contribution is 5.21. The normalized spacial score (nSPS) is 21.5. The van der Waals surface area contributed by atoms with E-state index in [2.05, 4.69) is 11.8 Å². The van der Waals surface area contributed by atoms with Crippen molar-refractivity contribution in [1.82, 2.24) is 4.90 Å². The zero-order chi connectivity index (χ0) is 14.8. The van der Waals surface area contributed by atoms with Gasteiger partial charge in [0.2, 0.25) is 0 Å². The Morgan fingerprint density at radius 1 is 1.14 bits per heavy atom. The van der Waals surface area contributed by atoms with Crippen molar-refractivity contribution in [2.75, 3.05) is 19.6 Å². The molecule has 116 valence electrons. The molecule has 0 radical (unpaired) electrons. The van der Waals surface area contributed by atoms with E-state index in [1.807, 2.05) is 12.1 Å². The van der Waals surface area contributed by atoms with Crippen LogP contribution < -0.4 is 5.73 Å². The molecule has 0 spiro atoms. The van der Waals surface area contributed by atoms with Crippen molar-refractivity contribution in [3.8, 4) is 0 Å². The Morgan fingerprint density at radius 3 is 2.24 bits per heavy atom. The molecule has 0 saturated heterocycles. The summed E-state index contributed by atoms with van der Waals surface area (Å²) in [5.74, 6) is 1.91. The Balaban J connectivity index is 1.59. The number of nitrogens with zero attached hydrogens (tertiary/aromatic N) is 1. The number of halogens is 1. The highest BCUT2D eigenvalue weighted by Crippen LogP contribution is 2.34. The Labute approximate surface area is 127 Å². The summed E-state index contributed by atoms with van der Waals surface area (Å²) in [5, 5.41) is 0. The molecule has 1 aromatic carbocycles. The van der Waals surface area contributed by atoms with Crippen molar-refractivity contribution in [2.45, 2.75) is 38.6 Å². The van der Waals surface area contributed by atoms with Crippen LogP contribution in [0.15, 0.2) is 24.3 Å². The van der Waals surface area contributed by atoms with E-state index in [0.29, 0.717) is 5.56 Å². The molecule has 2 atom stereocenters. The minimum Gasteiger partial charge on any atom is -0.324 e. The van der Waals surface area contributed by atoms with Gasteiger partial charge in [0, 0.05) is 31.2 Å². The summed E-state index contributed by atoms with van der Waals surface area (Å²) in [6, 6.07) is 6.71. The van der Waals surface area contributed by atoms with E-state index in [9.17, 15) is 4.39 Å². The first-order chi connectivity index (χ1) is 10.1. The van der Waals surface area contributed by atoms with Crippen LogP contribution in [0.5, 0.6) is 0 Å². The second-order valence-electron chi connectivity index (χ2n) is 7.13. The lowest BCUT2D eigenvalue weighted by atomic mass is 9.94. The standard InChI is InChI=1S/C18H27FN2/c1-13(18(20)16-4-2-3-5-17(16)19)10-21(11-14-6-7-14)12-15-8-9-15/h2-5,13-15,18H,6-12,20H2,1H3. The van der Waals surface area contributed by atoms with Gasteiger partial charge < -0.3 is 10.6 Å². The van der Waals surface area contributed by atoms with E-state index in [1.54, 1.807) is 6.07 Å². The van der Waals surface area contributed by atoms with Crippen LogP contribution in [0.3, 0.4) is 0 Å². The SMILES string of the molecule is CC(CN(CC1CC1)CC1CC1)C(N)c1ccccc1F. The molecule has 2 saturated carbocycles. The van der Waals surface area contributed by atoms with Crippen LogP contribution in [0.1, 0.15) is 44.2 Å². The highest BCUT2D eigenvalue weighted by atomic mass is 19.1. The van der Waals surface area contributed by atoms with Crippen molar-refractivity contribution in [1.29, 1.82) is 0 Å². The summed E-state index contributed by atoms with van der Waals surface area (Å²) in [7, 11) is 0. The van der Waals surface area contributed by atoms with E-state index in [-0.39, 0.29) is 17.8 Å². The first-order valence-corrected chi connectivity index (χ1v) is 8.36. The maximum absolute atomic E-state index is 13.9. The lowest BCUT2D eigenvalue weighted by Gasteiger charge is -2.29. The predicted octanol–water partition coefficient (Wildman–Crippen LogP) is 3.58. The summed E-state index contributed by atoms with van der Waals surface area (Å²) in [4.78, 5) is 2.58. The van der Waals surface area contributed by atoms with Crippen molar-refractivity contribution in [3.05, 3.63) is 35.6 Å². The number of hydrogen-bond donors (Lipinski definition) is 1. The number of nitrogens with two attached hydrogens (primary N) is 1. The second kappa shape index (κ2) is 6.45. The molecule has 3 heteroatoms. The van der Waals surface area contributed by atoms with Crippen LogP contribution in [0, 0.1) is 23.6 Å². The zero-order valence-corrected chi connectivity index (χ0v) is 13.0. The second-order valence-corrected chi connectivity index (χ2v) is 7.13. The molecule has 2 aliphatic carbocycles. The van der Waals surface area contributed by atoms with Gasteiger partial charge in [0.15, 0.2) is 0 Å². The highest BCUT2D eigenvalue weighted by Gasteiger charge is 2.30. The average Bonchev–Trinajstić information content (AvgIpc) is 3.35. The molecule has 2 aliphatic rings. The van der Waals surface area contributed by atoms with Crippen LogP contribution >= 0.6 is 0 Å². The quantitative estimate of drug-likeness (QED) is 0.793. The lowest BCUT2D eigenvalue weighted by molar-refractivity contribution is 0.205. The summed E-state index contributed by atoms with van der Waals surface area (Å²) < 4.78 is 13.9. The molecular formula is C18H27FN2. The van der Waals surface area contributed by atoms with Gasteiger partial charge in [-0.15, -0.1) is 0 Å². The van der Waals surface area contributed by atoms with Crippen LogP contribution in [0.4, 0.5) is 4.39 Å². The van der Waals surface area contributed by atoms with Gasteiger partial charge in [0.1, 0.15) is 5.82 Å². The minimum absolute atomic E-state index is 0.173. The van der Waals surface area contributed by atoms with Gasteiger partial charge in [-0.25, -0.2) is 4.39 Å². The molecule has 3 rings (SSSR count). The molecule has 0 amide bonds. The Bertz CT molecular complexity index is 454. The van der Waals surface area contributed by atoms with Gasteiger partial charge in [-0.05, 0) is 49.5 Å². The topological polar surface area (TPSA) is 29.3 Å². The fraction of sp³-hybridized carbons (Fsp3) is 0.667. The van der Waals surface area contributed by atoms with Crippen molar-refractivity contribution < 1.29 is 4.39 Å². The summed E-state index contributed by atoms with van der Waals surface area (Å²) >= 11 is 0. The largest absolute Gasteiger partial charge is 0.324 e. The van der Waals surface area contributed by atoms with Crippen LogP contribution in [0.2, 0.25) is 0 Å². The fourth-order valence-electron chi connectivity index (χ4n) is 3.13. The van der Waals surface area contributed by atoms with Gasteiger partial charge in [-0.3, -0.25) is 0 Å². The van der Waals surface area contributed by atoms with Gasteiger partial charge in [-0.2, -0.15) is 0 Å². The van der Waals surface area contributed by atoms with Gasteiger partial charge in [-0.1, -0.05) is 25.1 Å². The molecule has 0 bridgehead atoms. The Kier molecular flexibility index (Phi) is 4.60. The lowest BCUT2D eigenvalue weighted by Crippen LogP contribution is -2.36. The molecule has 0 aromatic heterocycles. The smallest absolute Gasteiger partial charge is 0.127 e. The molecule has 2 unspecified atom stereocenters. The monoisotopic (exact) mass is 290 g/mol. The molecule has 0 aliphatic heterocycles. The molecule has 2 N–H and O–H groups in total. The third-order valence-corrected chi connectivity index (χ3v) is 4.85. The van der Waals surface area contributed by atoms with Gasteiger partial charge in [0.05, 0.1) is 0 Å². The average molecular weight is 290 g/mol. The first-order valence-electron chi connectivity index (χ1n) is 8.36. The minimum atomic E-state index is -0.216. The van der Waals surface area contributed by atoms with E-state index >= 15 is 0 Å². The van der Waals surface area contributed by atoms with E-state index in [0.717, 1.165) is 18.4 Å². The molecule has 1 aromatic rings. The maximum atomic E-state index is 13.9. The first kappa shape index (κ1) is 15.0. The van der Waals surface area contributed by atoms with Gasteiger partial charge >= 0.3 is 0 Å².